The molecule has 0 bridgehead atoms. The number of anilines is 1. The largest absolute Gasteiger partial charge is 0.324 e. The van der Waals surface area contributed by atoms with Gasteiger partial charge < -0.3 is 5.32 Å². The van der Waals surface area contributed by atoms with Gasteiger partial charge in [-0.1, -0.05) is 17.7 Å². The summed E-state index contributed by atoms with van der Waals surface area (Å²) < 4.78 is 1.42. The first-order chi connectivity index (χ1) is 11.3. The third-order valence-electron chi connectivity index (χ3n) is 3.92. The van der Waals surface area contributed by atoms with Crippen molar-refractivity contribution in [2.45, 2.75) is 34.2 Å². The Labute approximate surface area is 144 Å². The number of hydrogen-bond acceptors (Lipinski definition) is 4. The van der Waals surface area contributed by atoms with Crippen LogP contribution in [0.5, 0.6) is 0 Å². The van der Waals surface area contributed by atoms with Crippen LogP contribution in [0.3, 0.4) is 0 Å². The summed E-state index contributed by atoms with van der Waals surface area (Å²) in [6.45, 7) is 7.60. The minimum atomic E-state index is -0.236. The molecule has 1 amide bonds. The zero-order chi connectivity index (χ0) is 17.4. The highest BCUT2D eigenvalue weighted by Crippen LogP contribution is 2.20. The summed E-state index contributed by atoms with van der Waals surface area (Å²) in [5.41, 5.74) is 2.73. The van der Waals surface area contributed by atoms with Crippen LogP contribution in [0.4, 0.5) is 5.69 Å². The monoisotopic (exact) mass is 341 g/mol. The number of benzene rings is 1. The summed E-state index contributed by atoms with van der Waals surface area (Å²) in [4.78, 5) is 31.2. The normalized spacial score (nSPS) is 11.0. The molecule has 0 aliphatic rings. The number of thiophene rings is 1. The summed E-state index contributed by atoms with van der Waals surface area (Å²) in [6.07, 6.45) is 0. The van der Waals surface area contributed by atoms with E-state index in [1.165, 1.54) is 15.9 Å². The lowest BCUT2D eigenvalue weighted by molar-refractivity contribution is -0.116. The van der Waals surface area contributed by atoms with Crippen LogP contribution in [0, 0.1) is 27.7 Å². The average molecular weight is 341 g/mol. The van der Waals surface area contributed by atoms with Crippen LogP contribution >= 0.6 is 11.3 Å². The van der Waals surface area contributed by atoms with Crippen molar-refractivity contribution in [3.63, 3.8) is 0 Å². The van der Waals surface area contributed by atoms with Crippen LogP contribution < -0.4 is 10.9 Å². The zero-order valence-corrected chi connectivity index (χ0v) is 15.0. The van der Waals surface area contributed by atoms with Crippen molar-refractivity contribution in [2.24, 2.45) is 0 Å². The van der Waals surface area contributed by atoms with Gasteiger partial charge in [-0.15, -0.1) is 11.3 Å². The van der Waals surface area contributed by atoms with Gasteiger partial charge >= 0.3 is 0 Å². The maximum absolute atomic E-state index is 12.6. The van der Waals surface area contributed by atoms with Crippen LogP contribution in [0.2, 0.25) is 0 Å². The predicted octanol–water partition coefficient (Wildman–Crippen LogP) is 3.33. The molecule has 1 N–H and O–H groups in total. The molecule has 0 spiro atoms. The van der Waals surface area contributed by atoms with Gasteiger partial charge in [0.05, 0.1) is 5.39 Å². The van der Waals surface area contributed by atoms with Crippen LogP contribution in [-0.4, -0.2) is 15.5 Å². The van der Waals surface area contributed by atoms with E-state index in [2.05, 4.69) is 10.3 Å². The first-order valence-corrected chi connectivity index (χ1v) is 8.51. The number of nitrogens with one attached hydrogen (secondary N) is 1. The van der Waals surface area contributed by atoms with Gasteiger partial charge in [-0.25, -0.2) is 4.98 Å². The highest BCUT2D eigenvalue weighted by atomic mass is 32.1. The molecule has 124 valence electrons. The van der Waals surface area contributed by atoms with Crippen molar-refractivity contribution in [2.75, 3.05) is 5.32 Å². The van der Waals surface area contributed by atoms with E-state index in [4.69, 9.17) is 0 Å². The molecular formula is C18H19N3O2S. The van der Waals surface area contributed by atoms with E-state index in [0.717, 1.165) is 26.5 Å². The fourth-order valence-electron chi connectivity index (χ4n) is 2.71. The number of amides is 1. The quantitative estimate of drug-likeness (QED) is 0.795. The molecule has 0 saturated heterocycles. The lowest BCUT2D eigenvalue weighted by Crippen LogP contribution is -2.30. The van der Waals surface area contributed by atoms with Gasteiger partial charge in [-0.05, 0) is 45.4 Å². The summed E-state index contributed by atoms with van der Waals surface area (Å²) in [5.74, 6) is 0.311. The number of aryl methyl sites for hydroxylation is 4. The Balaban J connectivity index is 1.89. The van der Waals surface area contributed by atoms with E-state index in [0.29, 0.717) is 11.2 Å². The van der Waals surface area contributed by atoms with Crippen LogP contribution in [0.25, 0.3) is 10.2 Å². The zero-order valence-electron chi connectivity index (χ0n) is 14.1. The molecule has 5 nitrogen and oxygen atoms in total. The van der Waals surface area contributed by atoms with Crippen molar-refractivity contribution in [3.05, 3.63) is 56.4 Å². The molecule has 2 heterocycles. The van der Waals surface area contributed by atoms with Crippen molar-refractivity contribution in [3.8, 4) is 0 Å². The highest BCUT2D eigenvalue weighted by Gasteiger charge is 2.14. The Morgan fingerprint density at radius 3 is 2.67 bits per heavy atom. The molecule has 0 aliphatic heterocycles. The molecule has 3 aromatic rings. The van der Waals surface area contributed by atoms with Gasteiger partial charge in [0.1, 0.15) is 17.2 Å². The first-order valence-electron chi connectivity index (χ1n) is 7.70. The maximum Gasteiger partial charge on any atom is 0.262 e. The summed E-state index contributed by atoms with van der Waals surface area (Å²) in [5, 5.41) is 3.44. The van der Waals surface area contributed by atoms with Crippen LogP contribution in [0.15, 0.2) is 29.1 Å². The van der Waals surface area contributed by atoms with Gasteiger partial charge in [-0.3, -0.25) is 14.2 Å². The van der Waals surface area contributed by atoms with Crippen molar-refractivity contribution in [1.29, 1.82) is 0 Å². The van der Waals surface area contributed by atoms with Crippen molar-refractivity contribution in [1.82, 2.24) is 9.55 Å². The fraction of sp³-hybridized carbons (Fsp3) is 0.278. The topological polar surface area (TPSA) is 64.0 Å². The third-order valence-corrected chi connectivity index (χ3v) is 4.87. The summed E-state index contributed by atoms with van der Waals surface area (Å²) >= 11 is 1.49. The number of aromatic nitrogens is 2. The van der Waals surface area contributed by atoms with E-state index < -0.39 is 0 Å². The second-order valence-electron chi connectivity index (χ2n) is 5.99. The molecule has 1 aromatic carbocycles. The third kappa shape index (κ3) is 3.10. The van der Waals surface area contributed by atoms with E-state index in [1.807, 2.05) is 45.0 Å². The number of hydrogen-bond donors (Lipinski definition) is 1. The molecular weight excluding hydrogens is 322 g/mol. The SMILES string of the molecule is Cc1ccc(NC(=O)Cn2c(C)nc3sc(C)cc3c2=O)c(C)c1. The molecule has 2 aromatic heterocycles. The molecule has 0 aliphatic carbocycles. The molecule has 0 fully saturated rings. The minimum Gasteiger partial charge on any atom is -0.324 e. The van der Waals surface area contributed by atoms with Gasteiger partial charge in [0, 0.05) is 10.6 Å². The highest BCUT2D eigenvalue weighted by molar-refractivity contribution is 7.18. The predicted molar refractivity (Wildman–Crippen MR) is 97.9 cm³/mol. The van der Waals surface area contributed by atoms with E-state index >= 15 is 0 Å². The molecule has 0 saturated carbocycles. The van der Waals surface area contributed by atoms with Gasteiger partial charge in [0.2, 0.25) is 5.91 Å². The maximum atomic E-state index is 12.6. The second kappa shape index (κ2) is 6.20. The van der Waals surface area contributed by atoms with E-state index in [1.54, 1.807) is 6.92 Å². The Morgan fingerprint density at radius 1 is 1.21 bits per heavy atom. The number of carbonyl (C=O) groups excluding carboxylic acids is 1. The number of rotatable bonds is 3. The lowest BCUT2D eigenvalue weighted by Gasteiger charge is -2.12. The van der Waals surface area contributed by atoms with E-state index in [-0.39, 0.29) is 18.0 Å². The Morgan fingerprint density at radius 2 is 1.96 bits per heavy atom. The van der Waals surface area contributed by atoms with Gasteiger partial charge in [-0.2, -0.15) is 0 Å². The Kier molecular flexibility index (Phi) is 4.24. The van der Waals surface area contributed by atoms with Crippen LogP contribution in [-0.2, 0) is 11.3 Å². The molecule has 0 radical (unpaired) electrons. The first kappa shape index (κ1) is 16.4. The second-order valence-corrected chi connectivity index (χ2v) is 7.23. The van der Waals surface area contributed by atoms with Crippen molar-refractivity contribution >= 4 is 33.1 Å². The van der Waals surface area contributed by atoms with Crippen LogP contribution in [0.1, 0.15) is 21.8 Å². The molecule has 6 heteroatoms. The van der Waals surface area contributed by atoms with Gasteiger partial charge in [0.25, 0.3) is 5.56 Å². The average Bonchev–Trinajstić information content (AvgIpc) is 2.87. The molecule has 3 rings (SSSR count). The van der Waals surface area contributed by atoms with Gasteiger partial charge in [0.15, 0.2) is 0 Å². The van der Waals surface area contributed by atoms with Crippen molar-refractivity contribution < 1.29 is 4.79 Å². The number of carbonyl (C=O) groups is 1. The minimum absolute atomic E-state index is 0.0458. The number of fused-ring (bicyclic) bond motifs is 1. The fourth-order valence-corrected chi connectivity index (χ4v) is 3.63. The summed E-state index contributed by atoms with van der Waals surface area (Å²) in [7, 11) is 0. The lowest BCUT2D eigenvalue weighted by atomic mass is 10.1. The molecule has 24 heavy (non-hydrogen) atoms. The molecule has 0 unspecified atom stereocenters. The van der Waals surface area contributed by atoms with E-state index in [9.17, 15) is 9.59 Å². The standard InChI is InChI=1S/C18H19N3O2S/c1-10-5-6-15(11(2)7-10)20-16(22)9-21-13(4)19-17-14(18(21)23)8-12(3)24-17/h5-8H,9H2,1-4H3,(H,20,22). The Hall–Kier alpha value is -2.47. The smallest absolute Gasteiger partial charge is 0.262 e. The summed E-state index contributed by atoms with van der Waals surface area (Å²) in [6, 6.07) is 7.66. The number of nitrogens with zero attached hydrogens (tertiary/aromatic N) is 2. The Bertz CT molecular complexity index is 1000. The molecule has 0 atom stereocenters.